The van der Waals surface area contributed by atoms with Crippen molar-refractivity contribution in [2.75, 3.05) is 13.1 Å². The third kappa shape index (κ3) is 2.66. The highest BCUT2D eigenvalue weighted by Gasteiger charge is 2.31. The summed E-state index contributed by atoms with van der Waals surface area (Å²) in [6.07, 6.45) is 2.55. The molecule has 0 aromatic heterocycles. The second-order valence-corrected chi connectivity index (χ2v) is 4.69. The van der Waals surface area contributed by atoms with Gasteiger partial charge in [0.05, 0.1) is 0 Å². The minimum absolute atomic E-state index is 0.127. The van der Waals surface area contributed by atoms with Gasteiger partial charge >= 0.3 is 0 Å². The summed E-state index contributed by atoms with van der Waals surface area (Å²) in [5, 5.41) is 0. The number of nitrogens with zero attached hydrogens (tertiary/aromatic N) is 1. The minimum atomic E-state index is -0.320. The molecule has 1 atom stereocenters. The molecule has 1 aliphatic heterocycles. The van der Waals surface area contributed by atoms with E-state index in [1.54, 1.807) is 0 Å². The molecule has 1 aliphatic rings. The third-order valence-corrected chi connectivity index (χ3v) is 3.40. The lowest BCUT2D eigenvalue weighted by molar-refractivity contribution is -0.137. The smallest absolute Gasteiger partial charge is 0.263 e. The largest absolute Gasteiger partial charge is 0.480 e. The Labute approximate surface area is 109 Å². The number of benzene rings is 1. The van der Waals surface area contributed by atoms with Crippen molar-refractivity contribution in [3.05, 3.63) is 29.8 Å². The number of carbonyl (C=O) groups excluding carboxylic acids is 1. The Morgan fingerprint density at radius 3 is 2.83 bits per heavy atom. The first kappa shape index (κ1) is 12.9. The predicted octanol–water partition coefficient (Wildman–Crippen LogP) is 2.64. The van der Waals surface area contributed by atoms with Crippen LogP contribution in [-0.2, 0) is 11.2 Å². The maximum Gasteiger partial charge on any atom is 0.263 e. The van der Waals surface area contributed by atoms with E-state index < -0.39 is 0 Å². The quantitative estimate of drug-likeness (QED) is 0.800. The van der Waals surface area contributed by atoms with Crippen LogP contribution in [0.2, 0.25) is 0 Å². The molecule has 1 amide bonds. The van der Waals surface area contributed by atoms with E-state index in [2.05, 4.69) is 6.92 Å². The first-order valence-corrected chi connectivity index (χ1v) is 6.79. The molecular formula is C15H21NO2. The monoisotopic (exact) mass is 247 g/mol. The number of unbranched alkanes of at least 4 members (excludes halogenated alkanes) is 1. The Bertz CT molecular complexity index is 392. The van der Waals surface area contributed by atoms with Crippen LogP contribution in [0.15, 0.2) is 24.3 Å². The van der Waals surface area contributed by atoms with Crippen molar-refractivity contribution < 1.29 is 9.53 Å². The fraction of sp³-hybridized carbons (Fsp3) is 0.533. The average Bonchev–Trinajstić information content (AvgIpc) is 2.83. The number of hydrogen-bond donors (Lipinski definition) is 0. The van der Waals surface area contributed by atoms with E-state index in [0.29, 0.717) is 6.42 Å². The average molecular weight is 247 g/mol. The molecule has 0 N–H and O–H groups in total. The maximum atomic E-state index is 12.4. The highest BCUT2D eigenvalue weighted by atomic mass is 16.5. The first-order chi connectivity index (χ1) is 8.76. The lowest BCUT2D eigenvalue weighted by Gasteiger charge is -2.23. The van der Waals surface area contributed by atoms with E-state index in [9.17, 15) is 4.79 Å². The minimum Gasteiger partial charge on any atom is -0.480 e. The summed E-state index contributed by atoms with van der Waals surface area (Å²) in [4.78, 5) is 14.3. The van der Waals surface area contributed by atoms with Crippen LogP contribution < -0.4 is 4.74 Å². The fourth-order valence-electron chi connectivity index (χ4n) is 2.30. The summed E-state index contributed by atoms with van der Waals surface area (Å²) in [7, 11) is 0. The number of ether oxygens (including phenoxy) is 1. The lowest BCUT2D eigenvalue weighted by Crippen LogP contribution is -2.41. The van der Waals surface area contributed by atoms with Crippen molar-refractivity contribution >= 4 is 5.91 Å². The normalized spacial score (nSPS) is 17.1. The summed E-state index contributed by atoms with van der Waals surface area (Å²) < 4.78 is 5.74. The topological polar surface area (TPSA) is 29.5 Å². The second kappa shape index (κ2) is 5.89. The molecule has 3 nitrogen and oxygen atoms in total. The van der Waals surface area contributed by atoms with Crippen molar-refractivity contribution in [2.24, 2.45) is 0 Å². The summed E-state index contributed by atoms with van der Waals surface area (Å²) in [6, 6.07) is 7.90. The SMILES string of the molecule is CCCCN(CC)C(=O)C1Cc2ccccc2O1. The van der Waals surface area contributed by atoms with E-state index in [1.165, 1.54) is 0 Å². The molecule has 0 bridgehead atoms. The molecule has 1 aromatic rings. The Hall–Kier alpha value is -1.51. The molecular weight excluding hydrogens is 226 g/mol. The van der Waals surface area contributed by atoms with Gasteiger partial charge in [-0.3, -0.25) is 4.79 Å². The molecule has 3 heteroatoms. The molecule has 1 unspecified atom stereocenters. The number of amides is 1. The van der Waals surface area contributed by atoms with Crippen LogP contribution in [0.3, 0.4) is 0 Å². The van der Waals surface area contributed by atoms with E-state index in [1.807, 2.05) is 36.1 Å². The van der Waals surface area contributed by atoms with Crippen molar-refractivity contribution in [3.63, 3.8) is 0 Å². The van der Waals surface area contributed by atoms with Gasteiger partial charge < -0.3 is 9.64 Å². The zero-order chi connectivity index (χ0) is 13.0. The van der Waals surface area contributed by atoms with Gasteiger partial charge in [-0.05, 0) is 25.0 Å². The van der Waals surface area contributed by atoms with Gasteiger partial charge in [0.1, 0.15) is 5.75 Å². The van der Waals surface area contributed by atoms with E-state index in [4.69, 9.17) is 4.74 Å². The summed E-state index contributed by atoms with van der Waals surface area (Å²) in [6.45, 7) is 5.76. The van der Waals surface area contributed by atoms with E-state index >= 15 is 0 Å². The van der Waals surface area contributed by atoms with Crippen molar-refractivity contribution in [2.45, 2.75) is 39.2 Å². The molecule has 98 valence electrons. The van der Waals surface area contributed by atoms with Crippen molar-refractivity contribution in [1.29, 1.82) is 0 Å². The fourth-order valence-corrected chi connectivity index (χ4v) is 2.30. The van der Waals surface area contributed by atoms with Crippen molar-refractivity contribution in [1.82, 2.24) is 4.90 Å². The van der Waals surface area contributed by atoms with Gasteiger partial charge in [-0.25, -0.2) is 0 Å². The number of para-hydroxylation sites is 1. The molecule has 0 spiro atoms. The highest BCUT2D eigenvalue weighted by molar-refractivity contribution is 5.82. The molecule has 0 aliphatic carbocycles. The van der Waals surface area contributed by atoms with Crippen LogP contribution in [0.4, 0.5) is 0 Å². The highest BCUT2D eigenvalue weighted by Crippen LogP contribution is 2.28. The number of hydrogen-bond acceptors (Lipinski definition) is 2. The van der Waals surface area contributed by atoms with Gasteiger partial charge in [0, 0.05) is 19.5 Å². The van der Waals surface area contributed by atoms with E-state index in [-0.39, 0.29) is 12.0 Å². The summed E-state index contributed by atoms with van der Waals surface area (Å²) in [5.41, 5.74) is 1.14. The van der Waals surface area contributed by atoms with E-state index in [0.717, 1.165) is 37.2 Å². The van der Waals surface area contributed by atoms with Crippen LogP contribution in [0.1, 0.15) is 32.3 Å². The van der Waals surface area contributed by atoms with Gasteiger partial charge in [0.2, 0.25) is 0 Å². The number of carbonyl (C=O) groups is 1. The number of rotatable bonds is 5. The zero-order valence-electron chi connectivity index (χ0n) is 11.2. The number of fused-ring (bicyclic) bond motifs is 1. The van der Waals surface area contributed by atoms with Gasteiger partial charge in [-0.15, -0.1) is 0 Å². The molecule has 0 saturated heterocycles. The van der Waals surface area contributed by atoms with Crippen LogP contribution in [0.5, 0.6) is 5.75 Å². The number of likely N-dealkylation sites (N-methyl/N-ethyl adjacent to an activating group) is 1. The Morgan fingerprint density at radius 1 is 1.39 bits per heavy atom. The molecule has 1 heterocycles. The standard InChI is InChI=1S/C15H21NO2/c1-3-5-10-16(4-2)15(17)14-11-12-8-6-7-9-13(12)18-14/h6-9,14H,3-5,10-11H2,1-2H3. The maximum absolute atomic E-state index is 12.4. The summed E-state index contributed by atoms with van der Waals surface area (Å²) in [5.74, 6) is 0.990. The summed E-state index contributed by atoms with van der Waals surface area (Å²) >= 11 is 0. The van der Waals surface area contributed by atoms with Crippen LogP contribution in [-0.4, -0.2) is 30.0 Å². The molecule has 2 rings (SSSR count). The Kier molecular flexibility index (Phi) is 4.24. The predicted molar refractivity (Wildman–Crippen MR) is 71.7 cm³/mol. The zero-order valence-corrected chi connectivity index (χ0v) is 11.2. The van der Waals surface area contributed by atoms with Crippen LogP contribution in [0.25, 0.3) is 0 Å². The van der Waals surface area contributed by atoms with Gasteiger partial charge in [-0.2, -0.15) is 0 Å². The first-order valence-electron chi connectivity index (χ1n) is 6.79. The molecule has 18 heavy (non-hydrogen) atoms. The second-order valence-electron chi connectivity index (χ2n) is 4.69. The molecule has 0 radical (unpaired) electrons. The van der Waals surface area contributed by atoms with Gasteiger partial charge in [0.25, 0.3) is 5.91 Å². The van der Waals surface area contributed by atoms with Gasteiger partial charge in [-0.1, -0.05) is 31.5 Å². The van der Waals surface area contributed by atoms with Crippen LogP contribution in [0, 0.1) is 0 Å². The molecule has 1 aromatic carbocycles. The Balaban J connectivity index is 1.99. The third-order valence-electron chi connectivity index (χ3n) is 3.40. The molecule has 0 fully saturated rings. The Morgan fingerprint density at radius 2 is 2.17 bits per heavy atom. The molecule has 0 saturated carbocycles. The lowest BCUT2D eigenvalue weighted by atomic mass is 10.1. The van der Waals surface area contributed by atoms with Crippen LogP contribution >= 0.6 is 0 Å². The van der Waals surface area contributed by atoms with Gasteiger partial charge in [0.15, 0.2) is 6.10 Å². The van der Waals surface area contributed by atoms with Crippen molar-refractivity contribution in [3.8, 4) is 5.75 Å².